The Morgan fingerprint density at radius 3 is 2.79 bits per heavy atom. The second kappa shape index (κ2) is 7.20. The topological polar surface area (TPSA) is 68.3 Å². The molecule has 0 fully saturated rings. The fraction of sp³-hybridized carbons (Fsp3) is 0.227. The Balaban J connectivity index is 1.48. The van der Waals surface area contributed by atoms with Gasteiger partial charge in [0.05, 0.1) is 5.56 Å². The van der Waals surface area contributed by atoms with Crippen molar-refractivity contribution in [2.45, 2.75) is 32.3 Å². The van der Waals surface area contributed by atoms with Crippen molar-refractivity contribution in [1.82, 2.24) is 4.98 Å². The summed E-state index contributed by atoms with van der Waals surface area (Å²) in [6.45, 7) is 3.72. The van der Waals surface area contributed by atoms with Crippen molar-refractivity contribution in [3.8, 4) is 0 Å². The smallest absolute Gasteiger partial charge is 0.339 e. The van der Waals surface area contributed by atoms with E-state index in [0.29, 0.717) is 17.1 Å². The molecule has 0 saturated heterocycles. The molecular formula is C22H20N2O3S. The first kappa shape index (κ1) is 18.4. The van der Waals surface area contributed by atoms with Gasteiger partial charge in [-0.1, -0.05) is 42.5 Å². The number of amides is 1. The van der Waals surface area contributed by atoms with Gasteiger partial charge in [-0.05, 0) is 36.6 Å². The predicted octanol–water partition coefficient (Wildman–Crippen LogP) is 4.15. The number of hydrogen-bond acceptors (Lipinski definition) is 5. The lowest BCUT2D eigenvalue weighted by Crippen LogP contribution is -2.48. The lowest BCUT2D eigenvalue weighted by molar-refractivity contribution is -0.134. The summed E-state index contributed by atoms with van der Waals surface area (Å²) in [5.74, 6) is -0.842. The predicted molar refractivity (Wildman–Crippen MR) is 109 cm³/mol. The van der Waals surface area contributed by atoms with Crippen molar-refractivity contribution in [2.75, 3.05) is 5.32 Å². The maximum Gasteiger partial charge on any atom is 0.339 e. The summed E-state index contributed by atoms with van der Waals surface area (Å²) in [5, 5.41) is 3.32. The van der Waals surface area contributed by atoms with E-state index in [1.165, 1.54) is 22.5 Å². The van der Waals surface area contributed by atoms with Crippen molar-refractivity contribution in [3.63, 3.8) is 0 Å². The van der Waals surface area contributed by atoms with E-state index < -0.39 is 11.6 Å². The summed E-state index contributed by atoms with van der Waals surface area (Å²) in [4.78, 5) is 30.5. The molecule has 0 saturated carbocycles. The van der Waals surface area contributed by atoms with E-state index >= 15 is 0 Å². The van der Waals surface area contributed by atoms with E-state index in [2.05, 4.69) is 29.4 Å². The largest absolute Gasteiger partial charge is 0.445 e. The van der Waals surface area contributed by atoms with Gasteiger partial charge in [0.2, 0.25) is 0 Å². The van der Waals surface area contributed by atoms with Crippen LogP contribution in [-0.2, 0) is 22.4 Å². The highest BCUT2D eigenvalue weighted by Crippen LogP contribution is 2.30. The Labute approximate surface area is 167 Å². The summed E-state index contributed by atoms with van der Waals surface area (Å²) < 4.78 is 5.48. The van der Waals surface area contributed by atoms with Crippen LogP contribution in [0.15, 0.2) is 54.7 Å². The normalized spacial score (nSPS) is 18.3. The van der Waals surface area contributed by atoms with Crippen LogP contribution in [0.4, 0.5) is 5.13 Å². The minimum absolute atomic E-state index is 0.336. The van der Waals surface area contributed by atoms with E-state index in [1.54, 1.807) is 25.3 Å². The van der Waals surface area contributed by atoms with Gasteiger partial charge in [0.1, 0.15) is 0 Å². The van der Waals surface area contributed by atoms with Gasteiger partial charge in [0, 0.05) is 23.9 Å². The summed E-state index contributed by atoms with van der Waals surface area (Å²) in [7, 11) is 0. The number of aromatic nitrogens is 1. The molecule has 1 aromatic heterocycles. The van der Waals surface area contributed by atoms with Crippen molar-refractivity contribution >= 4 is 28.3 Å². The molecule has 1 amide bonds. The number of carbonyl (C=O) groups is 2. The molecule has 4 rings (SSSR count). The van der Waals surface area contributed by atoms with Crippen molar-refractivity contribution in [2.24, 2.45) is 0 Å². The monoisotopic (exact) mass is 392 g/mol. The Morgan fingerprint density at radius 1 is 1.21 bits per heavy atom. The average Bonchev–Trinajstić information content (AvgIpc) is 3.10. The Hall–Kier alpha value is -2.99. The molecule has 2 heterocycles. The van der Waals surface area contributed by atoms with Gasteiger partial charge in [-0.15, -0.1) is 11.3 Å². The first-order chi connectivity index (χ1) is 13.4. The zero-order valence-corrected chi connectivity index (χ0v) is 16.5. The standard InChI is InChI=1S/C22H20N2O3S/c1-14-7-3-4-8-15(14)11-17-13-23-21(28-17)24-20(26)22(2)12-16-9-5-6-10-18(16)19(25)27-22/h3-10,13H,11-12H2,1-2H3,(H,23,24,26). The number of hydrogen-bond donors (Lipinski definition) is 1. The first-order valence-corrected chi connectivity index (χ1v) is 9.88. The van der Waals surface area contributed by atoms with Crippen LogP contribution in [0.25, 0.3) is 0 Å². The van der Waals surface area contributed by atoms with Gasteiger partial charge in [-0.25, -0.2) is 9.78 Å². The molecule has 0 spiro atoms. The van der Waals surface area contributed by atoms with Gasteiger partial charge < -0.3 is 4.74 Å². The van der Waals surface area contributed by atoms with Gasteiger partial charge in [-0.3, -0.25) is 10.1 Å². The Bertz CT molecular complexity index is 1060. The molecule has 28 heavy (non-hydrogen) atoms. The minimum atomic E-state index is -1.26. The van der Waals surface area contributed by atoms with Crippen LogP contribution in [0.1, 0.15) is 38.8 Å². The van der Waals surface area contributed by atoms with Crippen LogP contribution in [0.5, 0.6) is 0 Å². The molecule has 1 aliphatic rings. The van der Waals surface area contributed by atoms with Gasteiger partial charge >= 0.3 is 5.97 Å². The van der Waals surface area contributed by atoms with Crippen LogP contribution < -0.4 is 5.32 Å². The number of anilines is 1. The van der Waals surface area contributed by atoms with Crippen LogP contribution in [-0.4, -0.2) is 22.5 Å². The molecule has 1 N–H and O–H groups in total. The number of nitrogens with zero attached hydrogens (tertiary/aromatic N) is 1. The van der Waals surface area contributed by atoms with Crippen molar-refractivity contribution < 1.29 is 14.3 Å². The van der Waals surface area contributed by atoms with Crippen molar-refractivity contribution in [3.05, 3.63) is 81.9 Å². The molecule has 1 unspecified atom stereocenters. The molecule has 1 atom stereocenters. The van der Waals surface area contributed by atoms with E-state index in [0.717, 1.165) is 16.9 Å². The number of carbonyl (C=O) groups excluding carboxylic acids is 2. The Kier molecular flexibility index (Phi) is 4.73. The van der Waals surface area contributed by atoms with Gasteiger partial charge in [0.15, 0.2) is 10.7 Å². The number of nitrogens with one attached hydrogen (secondary N) is 1. The fourth-order valence-corrected chi connectivity index (χ4v) is 4.16. The highest BCUT2D eigenvalue weighted by Gasteiger charge is 2.42. The Morgan fingerprint density at radius 2 is 1.96 bits per heavy atom. The SMILES string of the molecule is Cc1ccccc1Cc1cnc(NC(=O)C2(C)Cc3ccccc3C(=O)O2)s1. The molecule has 0 radical (unpaired) electrons. The zero-order valence-electron chi connectivity index (χ0n) is 15.7. The zero-order chi connectivity index (χ0) is 19.7. The second-order valence-corrected chi connectivity index (χ2v) is 8.26. The highest BCUT2D eigenvalue weighted by atomic mass is 32.1. The lowest BCUT2D eigenvalue weighted by atomic mass is 9.89. The molecular weight excluding hydrogens is 372 g/mol. The van der Waals surface area contributed by atoms with Gasteiger partial charge in [-0.2, -0.15) is 0 Å². The number of ether oxygens (including phenoxy) is 1. The van der Waals surface area contributed by atoms with Crippen LogP contribution in [0.3, 0.4) is 0 Å². The van der Waals surface area contributed by atoms with Crippen molar-refractivity contribution in [1.29, 1.82) is 0 Å². The van der Waals surface area contributed by atoms with E-state index in [-0.39, 0.29) is 5.91 Å². The summed E-state index contributed by atoms with van der Waals surface area (Å²) >= 11 is 1.43. The average molecular weight is 392 g/mol. The van der Waals surface area contributed by atoms with Gasteiger partial charge in [0.25, 0.3) is 5.91 Å². The molecule has 3 aromatic rings. The number of fused-ring (bicyclic) bond motifs is 1. The first-order valence-electron chi connectivity index (χ1n) is 9.06. The lowest BCUT2D eigenvalue weighted by Gasteiger charge is -2.32. The number of rotatable bonds is 4. The molecule has 0 aliphatic carbocycles. The van der Waals surface area contributed by atoms with Crippen LogP contribution >= 0.6 is 11.3 Å². The maximum atomic E-state index is 12.8. The number of benzene rings is 2. The van der Waals surface area contributed by atoms with Crippen LogP contribution in [0.2, 0.25) is 0 Å². The summed E-state index contributed by atoms with van der Waals surface area (Å²) in [5.41, 5.74) is 2.53. The second-order valence-electron chi connectivity index (χ2n) is 7.14. The third-order valence-electron chi connectivity index (χ3n) is 4.96. The molecule has 0 bridgehead atoms. The molecule has 2 aromatic carbocycles. The number of esters is 1. The minimum Gasteiger partial charge on any atom is -0.445 e. The van der Waals surface area contributed by atoms with E-state index in [4.69, 9.17) is 4.74 Å². The highest BCUT2D eigenvalue weighted by molar-refractivity contribution is 7.15. The van der Waals surface area contributed by atoms with Crippen LogP contribution in [0, 0.1) is 6.92 Å². The fourth-order valence-electron chi connectivity index (χ4n) is 3.33. The van der Waals surface area contributed by atoms with E-state index in [9.17, 15) is 9.59 Å². The molecule has 5 nitrogen and oxygen atoms in total. The molecule has 1 aliphatic heterocycles. The third-order valence-corrected chi connectivity index (χ3v) is 5.88. The summed E-state index contributed by atoms with van der Waals surface area (Å²) in [6, 6.07) is 15.4. The molecule has 6 heteroatoms. The summed E-state index contributed by atoms with van der Waals surface area (Å²) in [6.07, 6.45) is 2.87. The number of aryl methyl sites for hydroxylation is 1. The number of thiazole rings is 1. The van der Waals surface area contributed by atoms with E-state index in [1.807, 2.05) is 24.3 Å². The number of cyclic esters (lactones) is 1. The third kappa shape index (κ3) is 3.55. The maximum absolute atomic E-state index is 12.8. The quantitative estimate of drug-likeness (QED) is 0.677. The molecule has 142 valence electrons.